The standard InChI is InChI=1S/C14H17NO2.C4H8.C2H6/c1-10(2)13(14(16)17-3)8-11-5-4-6-12(7-11)9-15;1-3-4-2;1-2/h4-7,10,13H,8H2,1-3H3;3-4H,1-2H3;1-2H3/b;4-3-;/t13-;;/m1../s1. The average molecular weight is 317 g/mol. The van der Waals surface area contributed by atoms with Crippen molar-refractivity contribution in [3.8, 4) is 6.07 Å². The van der Waals surface area contributed by atoms with Crippen LogP contribution in [0.5, 0.6) is 0 Å². The van der Waals surface area contributed by atoms with Gasteiger partial charge in [-0.15, -0.1) is 0 Å². The first-order valence-corrected chi connectivity index (χ1v) is 8.14. The number of ether oxygens (including phenoxy) is 1. The molecular weight excluding hydrogens is 286 g/mol. The van der Waals surface area contributed by atoms with Crippen molar-refractivity contribution in [1.82, 2.24) is 0 Å². The molecule has 1 aromatic carbocycles. The molecule has 1 aromatic rings. The quantitative estimate of drug-likeness (QED) is 0.569. The summed E-state index contributed by atoms with van der Waals surface area (Å²) in [5, 5.41) is 8.82. The fourth-order valence-corrected chi connectivity index (χ4v) is 1.76. The van der Waals surface area contributed by atoms with Gasteiger partial charge in [-0.3, -0.25) is 4.79 Å². The molecule has 0 aromatic heterocycles. The van der Waals surface area contributed by atoms with Crippen LogP contribution in [0.2, 0.25) is 0 Å². The van der Waals surface area contributed by atoms with E-state index in [0.717, 1.165) is 5.56 Å². The van der Waals surface area contributed by atoms with E-state index in [1.54, 1.807) is 6.07 Å². The highest BCUT2D eigenvalue weighted by Gasteiger charge is 2.23. The lowest BCUT2D eigenvalue weighted by molar-refractivity contribution is -0.146. The number of carbonyl (C=O) groups excluding carboxylic acids is 1. The Kier molecular flexibility index (Phi) is 15.0. The monoisotopic (exact) mass is 317 g/mol. The van der Waals surface area contributed by atoms with Gasteiger partial charge in [-0.1, -0.05) is 52.0 Å². The molecule has 0 aliphatic carbocycles. The van der Waals surface area contributed by atoms with Gasteiger partial charge in [-0.2, -0.15) is 5.26 Å². The van der Waals surface area contributed by atoms with Crippen LogP contribution in [0, 0.1) is 23.2 Å². The maximum atomic E-state index is 11.6. The molecule has 0 N–H and O–H groups in total. The van der Waals surface area contributed by atoms with E-state index >= 15 is 0 Å². The SMILES string of the molecule is C/C=C\C.CC.COC(=O)[C@H](Cc1cccc(C#N)c1)C(C)C. The molecule has 1 rings (SSSR count). The normalized spacial score (nSPS) is 10.7. The summed E-state index contributed by atoms with van der Waals surface area (Å²) in [6.45, 7) is 12.0. The zero-order chi connectivity index (χ0) is 18.3. The van der Waals surface area contributed by atoms with Crippen LogP contribution in [-0.4, -0.2) is 13.1 Å². The number of benzene rings is 1. The third-order valence-corrected chi connectivity index (χ3v) is 3.15. The molecule has 0 aliphatic heterocycles. The summed E-state index contributed by atoms with van der Waals surface area (Å²) in [7, 11) is 1.41. The Labute approximate surface area is 142 Å². The Morgan fingerprint density at radius 2 is 1.83 bits per heavy atom. The lowest BCUT2D eigenvalue weighted by Crippen LogP contribution is -2.23. The third kappa shape index (κ3) is 10.3. The highest BCUT2D eigenvalue weighted by Crippen LogP contribution is 2.19. The van der Waals surface area contributed by atoms with Gasteiger partial charge in [0.2, 0.25) is 0 Å². The molecule has 0 amide bonds. The molecule has 0 heterocycles. The Morgan fingerprint density at radius 1 is 1.26 bits per heavy atom. The molecule has 3 nitrogen and oxygen atoms in total. The van der Waals surface area contributed by atoms with E-state index in [-0.39, 0.29) is 17.8 Å². The van der Waals surface area contributed by atoms with E-state index in [1.165, 1.54) is 7.11 Å². The number of carbonyl (C=O) groups is 1. The van der Waals surface area contributed by atoms with Crippen LogP contribution in [0.4, 0.5) is 0 Å². The van der Waals surface area contributed by atoms with Crippen molar-refractivity contribution < 1.29 is 9.53 Å². The fraction of sp³-hybridized carbons (Fsp3) is 0.500. The molecule has 0 fully saturated rings. The second kappa shape index (κ2) is 14.8. The summed E-state index contributed by atoms with van der Waals surface area (Å²) in [4.78, 5) is 11.6. The first kappa shape index (κ1) is 23.2. The molecule has 0 unspecified atom stereocenters. The number of allylic oxidation sites excluding steroid dienone is 2. The smallest absolute Gasteiger partial charge is 0.309 e. The summed E-state index contributed by atoms with van der Waals surface area (Å²) in [5.74, 6) is -0.135. The number of esters is 1. The van der Waals surface area contributed by atoms with Gasteiger partial charge in [0.15, 0.2) is 0 Å². The Bertz CT molecular complexity index is 495. The molecule has 0 aliphatic rings. The van der Waals surface area contributed by atoms with Gasteiger partial charge < -0.3 is 4.74 Å². The van der Waals surface area contributed by atoms with Gasteiger partial charge in [0.1, 0.15) is 0 Å². The van der Waals surface area contributed by atoms with Gasteiger partial charge in [0.25, 0.3) is 0 Å². The Hall–Kier alpha value is -2.08. The highest BCUT2D eigenvalue weighted by atomic mass is 16.5. The predicted molar refractivity (Wildman–Crippen MR) is 97.0 cm³/mol. The topological polar surface area (TPSA) is 50.1 Å². The van der Waals surface area contributed by atoms with Crippen molar-refractivity contribution in [2.75, 3.05) is 7.11 Å². The third-order valence-electron chi connectivity index (χ3n) is 3.15. The van der Waals surface area contributed by atoms with Crippen molar-refractivity contribution in [3.63, 3.8) is 0 Å². The van der Waals surface area contributed by atoms with Crippen molar-refractivity contribution in [1.29, 1.82) is 5.26 Å². The second-order valence-electron chi connectivity index (χ2n) is 5.06. The van der Waals surface area contributed by atoms with Crippen molar-refractivity contribution >= 4 is 5.97 Å². The van der Waals surface area contributed by atoms with E-state index in [2.05, 4.69) is 6.07 Å². The van der Waals surface area contributed by atoms with E-state index in [1.807, 2.05) is 71.9 Å². The van der Waals surface area contributed by atoms with Crippen LogP contribution in [0.25, 0.3) is 0 Å². The number of nitrogens with zero attached hydrogens (tertiary/aromatic N) is 1. The van der Waals surface area contributed by atoms with Crippen LogP contribution < -0.4 is 0 Å². The van der Waals surface area contributed by atoms with E-state index in [9.17, 15) is 4.79 Å². The predicted octanol–water partition coefficient (Wildman–Crippen LogP) is 5.15. The van der Waals surface area contributed by atoms with Gasteiger partial charge in [-0.25, -0.2) is 0 Å². The van der Waals surface area contributed by atoms with Crippen LogP contribution in [-0.2, 0) is 16.0 Å². The number of hydrogen-bond donors (Lipinski definition) is 0. The molecular formula is C20H31NO2. The number of rotatable bonds is 4. The minimum atomic E-state index is -0.192. The first-order valence-electron chi connectivity index (χ1n) is 8.14. The first-order chi connectivity index (χ1) is 11.0. The van der Waals surface area contributed by atoms with Gasteiger partial charge in [-0.05, 0) is 43.9 Å². The highest BCUT2D eigenvalue weighted by molar-refractivity contribution is 5.73. The maximum absolute atomic E-state index is 11.6. The van der Waals surface area contributed by atoms with Gasteiger partial charge in [0, 0.05) is 0 Å². The van der Waals surface area contributed by atoms with Crippen LogP contribution >= 0.6 is 0 Å². The average Bonchev–Trinajstić information content (AvgIpc) is 2.60. The molecule has 3 heteroatoms. The van der Waals surface area contributed by atoms with Crippen molar-refractivity contribution in [2.24, 2.45) is 11.8 Å². The zero-order valence-corrected chi connectivity index (χ0v) is 15.6. The molecule has 0 radical (unpaired) electrons. The zero-order valence-electron chi connectivity index (χ0n) is 15.6. The summed E-state index contributed by atoms with van der Waals surface area (Å²) in [6, 6.07) is 9.44. The van der Waals surface area contributed by atoms with Gasteiger partial charge in [0.05, 0.1) is 24.7 Å². The van der Waals surface area contributed by atoms with E-state index in [4.69, 9.17) is 10.00 Å². The minimum absolute atomic E-state index is 0.158. The van der Waals surface area contributed by atoms with Crippen molar-refractivity contribution in [2.45, 2.75) is 48.0 Å². The lowest BCUT2D eigenvalue weighted by Gasteiger charge is -2.18. The molecule has 0 spiro atoms. The molecule has 0 bridgehead atoms. The van der Waals surface area contributed by atoms with Crippen LogP contribution in [0.15, 0.2) is 36.4 Å². The largest absolute Gasteiger partial charge is 0.469 e. The second-order valence-corrected chi connectivity index (χ2v) is 5.06. The maximum Gasteiger partial charge on any atom is 0.309 e. The molecule has 23 heavy (non-hydrogen) atoms. The van der Waals surface area contributed by atoms with Crippen LogP contribution in [0.3, 0.4) is 0 Å². The summed E-state index contributed by atoms with van der Waals surface area (Å²) in [5.41, 5.74) is 1.61. The summed E-state index contributed by atoms with van der Waals surface area (Å²) < 4.78 is 4.80. The number of nitriles is 1. The van der Waals surface area contributed by atoms with Crippen LogP contribution in [0.1, 0.15) is 52.7 Å². The molecule has 1 atom stereocenters. The molecule has 128 valence electrons. The summed E-state index contributed by atoms with van der Waals surface area (Å²) in [6.07, 6.45) is 4.61. The Balaban J connectivity index is 0. The van der Waals surface area contributed by atoms with Gasteiger partial charge >= 0.3 is 5.97 Å². The summed E-state index contributed by atoms with van der Waals surface area (Å²) >= 11 is 0. The lowest BCUT2D eigenvalue weighted by atomic mass is 9.89. The fourth-order valence-electron chi connectivity index (χ4n) is 1.76. The minimum Gasteiger partial charge on any atom is -0.469 e. The molecule has 0 saturated carbocycles. The van der Waals surface area contributed by atoms with E-state index in [0.29, 0.717) is 12.0 Å². The van der Waals surface area contributed by atoms with E-state index < -0.39 is 0 Å². The Morgan fingerprint density at radius 3 is 2.22 bits per heavy atom. The van der Waals surface area contributed by atoms with Crippen molar-refractivity contribution in [3.05, 3.63) is 47.5 Å². The number of hydrogen-bond acceptors (Lipinski definition) is 3. The number of methoxy groups -OCH3 is 1. The molecule has 0 saturated heterocycles.